The Morgan fingerprint density at radius 1 is 1.29 bits per heavy atom. The topological polar surface area (TPSA) is 46.6 Å². The van der Waals surface area contributed by atoms with Crippen molar-refractivity contribution in [1.29, 1.82) is 0 Å². The van der Waals surface area contributed by atoms with Gasteiger partial charge in [0.2, 0.25) is 0 Å². The molecule has 1 aromatic carbocycles. The summed E-state index contributed by atoms with van der Waals surface area (Å²) in [5.74, 6) is -0.362. The van der Waals surface area contributed by atoms with E-state index in [9.17, 15) is 9.59 Å². The lowest BCUT2D eigenvalue weighted by Crippen LogP contribution is -2.20. The number of esters is 1. The number of carbonyl (C=O) groups excluding carboxylic acids is 2. The zero-order valence-electron chi connectivity index (χ0n) is 9.88. The molecule has 0 saturated heterocycles. The highest BCUT2D eigenvalue weighted by atomic mass is 35.5. The van der Waals surface area contributed by atoms with E-state index in [2.05, 4.69) is 0 Å². The molecule has 0 spiro atoms. The van der Waals surface area contributed by atoms with Crippen LogP contribution in [0.3, 0.4) is 0 Å². The fraction of sp³-hybridized carbons (Fsp3) is 0.333. The van der Waals surface area contributed by atoms with Crippen molar-refractivity contribution >= 4 is 24.7 Å². The fourth-order valence-electron chi connectivity index (χ4n) is 1.10. The second kappa shape index (κ2) is 7.81. The first-order chi connectivity index (χ1) is 7.63. The van der Waals surface area contributed by atoms with Gasteiger partial charge in [0.05, 0.1) is 5.56 Å². The minimum Gasteiger partial charge on any atom is -0.461 e. The standard InChI is InChI=1S/C12H15NO3.ClH/c1-13(2)7-8-16-12(15)11-5-3-10(9-14)4-6-11;/h3-6,9H,7-8H2,1-2H3;1H. The summed E-state index contributed by atoms with van der Waals surface area (Å²) in [5, 5.41) is 0. The van der Waals surface area contributed by atoms with Crippen LogP contribution in [0.25, 0.3) is 0 Å². The van der Waals surface area contributed by atoms with E-state index in [0.29, 0.717) is 24.3 Å². The molecule has 0 aromatic heterocycles. The van der Waals surface area contributed by atoms with Crippen molar-refractivity contribution in [3.8, 4) is 0 Å². The van der Waals surface area contributed by atoms with Crippen LogP contribution in [0, 0.1) is 0 Å². The maximum absolute atomic E-state index is 11.5. The van der Waals surface area contributed by atoms with Gasteiger partial charge in [0.1, 0.15) is 12.9 Å². The normalized spacial score (nSPS) is 9.59. The summed E-state index contributed by atoms with van der Waals surface area (Å²) in [6.45, 7) is 1.05. The summed E-state index contributed by atoms with van der Waals surface area (Å²) >= 11 is 0. The summed E-state index contributed by atoms with van der Waals surface area (Å²) in [7, 11) is 3.82. The second-order valence-electron chi connectivity index (χ2n) is 3.68. The summed E-state index contributed by atoms with van der Waals surface area (Å²) in [4.78, 5) is 23.8. The highest BCUT2D eigenvalue weighted by Crippen LogP contribution is 2.04. The molecule has 0 fully saturated rings. The van der Waals surface area contributed by atoms with Crippen molar-refractivity contribution in [3.63, 3.8) is 0 Å². The number of nitrogens with zero attached hydrogens (tertiary/aromatic N) is 1. The fourth-order valence-corrected chi connectivity index (χ4v) is 1.10. The van der Waals surface area contributed by atoms with E-state index in [-0.39, 0.29) is 18.4 Å². The quantitative estimate of drug-likeness (QED) is 0.594. The van der Waals surface area contributed by atoms with Crippen LogP contribution in [0.1, 0.15) is 20.7 Å². The molecule has 0 bridgehead atoms. The maximum Gasteiger partial charge on any atom is 0.338 e. The van der Waals surface area contributed by atoms with Crippen LogP contribution in [-0.2, 0) is 4.74 Å². The molecular weight excluding hydrogens is 242 g/mol. The third-order valence-electron chi connectivity index (χ3n) is 2.05. The van der Waals surface area contributed by atoms with Crippen molar-refractivity contribution in [2.24, 2.45) is 0 Å². The van der Waals surface area contributed by atoms with Crippen LogP contribution in [0.15, 0.2) is 24.3 Å². The lowest BCUT2D eigenvalue weighted by molar-refractivity contribution is 0.0481. The summed E-state index contributed by atoms with van der Waals surface area (Å²) < 4.78 is 5.04. The van der Waals surface area contributed by atoms with Crippen molar-refractivity contribution < 1.29 is 14.3 Å². The minimum atomic E-state index is -0.362. The van der Waals surface area contributed by atoms with Crippen molar-refractivity contribution in [2.75, 3.05) is 27.2 Å². The molecule has 1 rings (SSSR count). The number of likely N-dealkylation sites (N-methyl/N-ethyl adjacent to an activating group) is 1. The molecule has 0 N–H and O–H groups in total. The first kappa shape index (κ1) is 15.6. The van der Waals surface area contributed by atoms with E-state index in [1.54, 1.807) is 24.3 Å². The number of rotatable bonds is 5. The Hall–Kier alpha value is -1.39. The molecule has 4 nitrogen and oxygen atoms in total. The minimum absolute atomic E-state index is 0. The summed E-state index contributed by atoms with van der Waals surface area (Å²) in [5.41, 5.74) is 1.01. The van der Waals surface area contributed by atoms with Crippen LogP contribution in [-0.4, -0.2) is 44.4 Å². The number of hydrogen-bond donors (Lipinski definition) is 0. The van der Waals surface area contributed by atoms with Gasteiger partial charge in [-0.3, -0.25) is 4.79 Å². The van der Waals surface area contributed by atoms with Crippen LogP contribution < -0.4 is 0 Å². The summed E-state index contributed by atoms with van der Waals surface area (Å²) in [6.07, 6.45) is 0.737. The molecule has 1 aromatic rings. The second-order valence-corrected chi connectivity index (χ2v) is 3.68. The Labute approximate surface area is 107 Å². The maximum atomic E-state index is 11.5. The van der Waals surface area contributed by atoms with Gasteiger partial charge >= 0.3 is 5.97 Å². The number of aldehydes is 1. The summed E-state index contributed by atoms with van der Waals surface area (Å²) in [6, 6.07) is 6.36. The van der Waals surface area contributed by atoms with E-state index in [0.717, 1.165) is 6.29 Å². The molecule has 0 aliphatic rings. The smallest absolute Gasteiger partial charge is 0.338 e. The molecule has 94 valence electrons. The Morgan fingerprint density at radius 2 is 1.88 bits per heavy atom. The highest BCUT2D eigenvalue weighted by Gasteiger charge is 2.06. The third-order valence-corrected chi connectivity index (χ3v) is 2.05. The number of ether oxygens (including phenoxy) is 1. The van der Waals surface area contributed by atoms with Gasteiger partial charge in [-0.25, -0.2) is 4.79 Å². The monoisotopic (exact) mass is 257 g/mol. The van der Waals surface area contributed by atoms with Crippen LogP contribution in [0.2, 0.25) is 0 Å². The lowest BCUT2D eigenvalue weighted by atomic mass is 10.1. The van der Waals surface area contributed by atoms with Gasteiger partial charge in [0, 0.05) is 12.1 Å². The Morgan fingerprint density at radius 3 is 2.35 bits per heavy atom. The average Bonchev–Trinajstić information content (AvgIpc) is 2.28. The van der Waals surface area contributed by atoms with Crippen molar-refractivity contribution in [1.82, 2.24) is 4.90 Å². The zero-order chi connectivity index (χ0) is 12.0. The first-order valence-corrected chi connectivity index (χ1v) is 5.00. The first-order valence-electron chi connectivity index (χ1n) is 5.00. The molecule has 0 aliphatic heterocycles. The van der Waals surface area contributed by atoms with Gasteiger partial charge in [-0.15, -0.1) is 12.4 Å². The number of carbonyl (C=O) groups is 2. The van der Waals surface area contributed by atoms with Gasteiger partial charge in [-0.2, -0.15) is 0 Å². The van der Waals surface area contributed by atoms with Gasteiger partial charge in [-0.05, 0) is 26.2 Å². The van der Waals surface area contributed by atoms with Gasteiger partial charge in [0.15, 0.2) is 0 Å². The molecule has 0 radical (unpaired) electrons. The van der Waals surface area contributed by atoms with Crippen LogP contribution in [0.5, 0.6) is 0 Å². The number of hydrogen-bond acceptors (Lipinski definition) is 4. The van der Waals surface area contributed by atoms with Gasteiger partial charge < -0.3 is 9.64 Å². The van der Waals surface area contributed by atoms with E-state index in [4.69, 9.17) is 4.74 Å². The van der Waals surface area contributed by atoms with Crippen molar-refractivity contribution in [3.05, 3.63) is 35.4 Å². The molecule has 17 heavy (non-hydrogen) atoms. The Balaban J connectivity index is 0.00000256. The van der Waals surface area contributed by atoms with Crippen LogP contribution >= 0.6 is 12.4 Å². The van der Waals surface area contributed by atoms with E-state index in [1.807, 2.05) is 19.0 Å². The lowest BCUT2D eigenvalue weighted by Gasteiger charge is -2.09. The van der Waals surface area contributed by atoms with E-state index < -0.39 is 0 Å². The molecule has 0 aliphatic carbocycles. The Bertz CT molecular complexity index is 363. The van der Waals surface area contributed by atoms with E-state index in [1.165, 1.54) is 0 Å². The predicted molar refractivity (Wildman–Crippen MR) is 67.9 cm³/mol. The molecule has 0 saturated carbocycles. The molecule has 0 atom stereocenters. The zero-order valence-corrected chi connectivity index (χ0v) is 10.7. The predicted octanol–water partition coefficient (Wildman–Crippen LogP) is 1.64. The highest BCUT2D eigenvalue weighted by molar-refractivity contribution is 5.90. The average molecular weight is 258 g/mol. The van der Waals surface area contributed by atoms with Gasteiger partial charge in [0.25, 0.3) is 0 Å². The van der Waals surface area contributed by atoms with Crippen LogP contribution in [0.4, 0.5) is 0 Å². The van der Waals surface area contributed by atoms with Gasteiger partial charge in [-0.1, -0.05) is 12.1 Å². The molecule has 0 unspecified atom stereocenters. The van der Waals surface area contributed by atoms with E-state index >= 15 is 0 Å². The molecule has 5 heteroatoms. The van der Waals surface area contributed by atoms with Crippen molar-refractivity contribution in [2.45, 2.75) is 0 Å². The third kappa shape index (κ3) is 5.47. The molecule has 0 amide bonds. The molecule has 0 heterocycles. The Kier molecular flexibility index (Phi) is 7.18. The SMILES string of the molecule is CN(C)CCOC(=O)c1ccc(C=O)cc1.Cl. The number of halogens is 1. The number of benzene rings is 1. The molecular formula is C12H16ClNO3. The largest absolute Gasteiger partial charge is 0.461 e.